The van der Waals surface area contributed by atoms with E-state index in [9.17, 15) is 0 Å². The second kappa shape index (κ2) is 6.16. The maximum absolute atomic E-state index is 5.45. The molecule has 3 aromatic rings. The third kappa shape index (κ3) is 2.83. The van der Waals surface area contributed by atoms with Crippen LogP contribution in [0.5, 0.6) is 11.5 Å². The highest BCUT2D eigenvalue weighted by molar-refractivity contribution is 5.70. The molecule has 2 aliphatic rings. The highest BCUT2D eigenvalue weighted by atomic mass is 16.7. The average Bonchev–Trinajstić information content (AvgIpc) is 3.23. The van der Waals surface area contributed by atoms with Crippen molar-refractivity contribution in [1.82, 2.24) is 9.97 Å². The van der Waals surface area contributed by atoms with Gasteiger partial charge < -0.3 is 19.7 Å². The summed E-state index contributed by atoms with van der Waals surface area (Å²) in [5.74, 6) is 2.97. The molecule has 3 heterocycles. The molecule has 0 bridgehead atoms. The number of aromatic nitrogens is 2. The number of aryl methyl sites for hydroxylation is 1. The Bertz CT molecular complexity index is 1020. The van der Waals surface area contributed by atoms with Crippen molar-refractivity contribution in [2.45, 2.75) is 26.3 Å². The van der Waals surface area contributed by atoms with Crippen molar-refractivity contribution in [3.05, 3.63) is 59.8 Å². The molecule has 0 saturated heterocycles. The van der Waals surface area contributed by atoms with Gasteiger partial charge >= 0.3 is 0 Å². The topological polar surface area (TPSA) is 59.5 Å². The van der Waals surface area contributed by atoms with Crippen LogP contribution in [0, 0.1) is 6.92 Å². The number of hydrogen-bond acceptors (Lipinski definition) is 6. The number of anilines is 4. The number of hydrogen-bond donors (Lipinski definition) is 1. The first-order chi connectivity index (χ1) is 13.2. The lowest BCUT2D eigenvalue weighted by molar-refractivity contribution is 0.174. The Morgan fingerprint density at radius 3 is 2.81 bits per heavy atom. The molecular formula is C21H20N4O2. The lowest BCUT2D eigenvalue weighted by Crippen LogP contribution is -2.25. The van der Waals surface area contributed by atoms with Crippen molar-refractivity contribution < 1.29 is 9.47 Å². The molecule has 2 aliphatic heterocycles. The Balaban J connectivity index is 1.48. The largest absolute Gasteiger partial charge is 0.454 e. The molecule has 0 aliphatic carbocycles. The van der Waals surface area contributed by atoms with Crippen molar-refractivity contribution in [2.75, 3.05) is 17.0 Å². The molecule has 1 atom stereocenters. The molecule has 5 rings (SSSR count). The summed E-state index contributed by atoms with van der Waals surface area (Å²) in [6, 6.07) is 16.6. The van der Waals surface area contributed by atoms with Gasteiger partial charge in [0.1, 0.15) is 5.82 Å². The summed E-state index contributed by atoms with van der Waals surface area (Å²) in [5.41, 5.74) is 4.36. The van der Waals surface area contributed by atoms with Crippen LogP contribution < -0.4 is 19.7 Å². The van der Waals surface area contributed by atoms with Crippen LogP contribution in [0.3, 0.4) is 0 Å². The lowest BCUT2D eigenvalue weighted by atomic mass is 10.1. The second-order valence-corrected chi connectivity index (χ2v) is 6.94. The van der Waals surface area contributed by atoms with E-state index >= 15 is 0 Å². The molecule has 0 saturated carbocycles. The number of fused-ring (bicyclic) bond motifs is 2. The molecule has 6 nitrogen and oxygen atoms in total. The van der Waals surface area contributed by atoms with Crippen molar-refractivity contribution in [2.24, 2.45) is 0 Å². The van der Waals surface area contributed by atoms with Crippen LogP contribution in [0.15, 0.2) is 48.5 Å². The van der Waals surface area contributed by atoms with E-state index in [0.29, 0.717) is 12.0 Å². The van der Waals surface area contributed by atoms with Crippen molar-refractivity contribution in [3.8, 4) is 11.5 Å². The molecular weight excluding hydrogens is 340 g/mol. The van der Waals surface area contributed by atoms with Crippen LogP contribution >= 0.6 is 0 Å². The first-order valence-corrected chi connectivity index (χ1v) is 9.07. The number of para-hydroxylation sites is 1. The van der Waals surface area contributed by atoms with Crippen LogP contribution in [0.1, 0.15) is 18.2 Å². The molecule has 1 N–H and O–H groups in total. The molecule has 6 heteroatoms. The molecule has 0 radical (unpaired) electrons. The predicted molar refractivity (Wildman–Crippen MR) is 104 cm³/mol. The molecule has 27 heavy (non-hydrogen) atoms. The number of benzene rings is 2. The van der Waals surface area contributed by atoms with E-state index in [4.69, 9.17) is 14.5 Å². The maximum Gasteiger partial charge on any atom is 0.231 e. The quantitative estimate of drug-likeness (QED) is 0.750. The summed E-state index contributed by atoms with van der Waals surface area (Å²) >= 11 is 0. The van der Waals surface area contributed by atoms with Gasteiger partial charge in [0.2, 0.25) is 12.7 Å². The van der Waals surface area contributed by atoms with Crippen LogP contribution in [-0.2, 0) is 6.42 Å². The van der Waals surface area contributed by atoms with Crippen LogP contribution in [-0.4, -0.2) is 22.8 Å². The van der Waals surface area contributed by atoms with Gasteiger partial charge in [-0.25, -0.2) is 4.98 Å². The monoisotopic (exact) mass is 360 g/mol. The zero-order valence-corrected chi connectivity index (χ0v) is 15.3. The van der Waals surface area contributed by atoms with Gasteiger partial charge in [-0.15, -0.1) is 0 Å². The van der Waals surface area contributed by atoms with Gasteiger partial charge in [-0.05, 0) is 44.0 Å². The fourth-order valence-corrected chi connectivity index (χ4v) is 3.75. The van der Waals surface area contributed by atoms with E-state index < -0.39 is 0 Å². The van der Waals surface area contributed by atoms with Crippen LogP contribution in [0.4, 0.5) is 23.1 Å². The first kappa shape index (κ1) is 15.9. The van der Waals surface area contributed by atoms with E-state index in [1.54, 1.807) is 0 Å². The summed E-state index contributed by atoms with van der Waals surface area (Å²) in [4.78, 5) is 11.6. The fourth-order valence-electron chi connectivity index (χ4n) is 3.75. The lowest BCUT2D eigenvalue weighted by Gasteiger charge is -2.24. The summed E-state index contributed by atoms with van der Waals surface area (Å²) in [6.07, 6.45) is 1.02. The smallest absolute Gasteiger partial charge is 0.231 e. The van der Waals surface area contributed by atoms with Gasteiger partial charge in [0, 0.05) is 35.2 Å². The summed E-state index contributed by atoms with van der Waals surface area (Å²) in [6.45, 7) is 4.47. The fraction of sp³-hybridized carbons (Fsp3) is 0.238. The third-order valence-corrected chi connectivity index (χ3v) is 4.92. The molecule has 0 spiro atoms. The van der Waals surface area contributed by atoms with Gasteiger partial charge in [0.25, 0.3) is 0 Å². The van der Waals surface area contributed by atoms with Gasteiger partial charge in [-0.2, -0.15) is 4.98 Å². The second-order valence-electron chi connectivity index (χ2n) is 6.94. The number of rotatable bonds is 3. The summed E-state index contributed by atoms with van der Waals surface area (Å²) in [7, 11) is 0. The summed E-state index contributed by atoms with van der Waals surface area (Å²) in [5, 5.41) is 3.29. The molecule has 0 fully saturated rings. The van der Waals surface area contributed by atoms with Crippen molar-refractivity contribution >= 4 is 23.1 Å². The van der Waals surface area contributed by atoms with Gasteiger partial charge in [0.05, 0.1) is 0 Å². The minimum absolute atomic E-state index is 0.260. The van der Waals surface area contributed by atoms with E-state index in [1.165, 1.54) is 11.3 Å². The molecule has 1 unspecified atom stereocenters. The number of ether oxygens (including phenoxy) is 2. The van der Waals surface area contributed by atoms with Crippen molar-refractivity contribution in [3.63, 3.8) is 0 Å². The Kier molecular flexibility index (Phi) is 3.63. The predicted octanol–water partition coefficient (Wildman–Crippen LogP) is 4.34. The van der Waals surface area contributed by atoms with E-state index in [0.717, 1.165) is 35.1 Å². The van der Waals surface area contributed by atoms with Crippen LogP contribution in [0.2, 0.25) is 0 Å². The summed E-state index contributed by atoms with van der Waals surface area (Å²) < 4.78 is 10.8. The SMILES string of the molecule is Cc1cc(N2c3ccccc3CC2C)nc(Nc2ccc3c(c2)OCO3)n1. The van der Waals surface area contributed by atoms with E-state index in [1.807, 2.05) is 31.2 Å². The zero-order chi connectivity index (χ0) is 18.4. The zero-order valence-electron chi connectivity index (χ0n) is 15.3. The van der Waals surface area contributed by atoms with Gasteiger partial charge in [0.15, 0.2) is 11.5 Å². The Labute approximate surface area is 157 Å². The molecule has 136 valence electrons. The molecule has 0 amide bonds. The molecule has 2 aromatic carbocycles. The standard InChI is InChI=1S/C21H20N4O2/c1-13-9-20(25-14(2)10-15-5-3-4-6-17(15)25)24-21(22-13)23-16-7-8-18-19(11-16)27-12-26-18/h3-9,11,14H,10,12H2,1-2H3,(H,22,23,24). The highest BCUT2D eigenvalue weighted by Gasteiger charge is 2.28. The highest BCUT2D eigenvalue weighted by Crippen LogP contribution is 2.38. The Morgan fingerprint density at radius 1 is 1.04 bits per heavy atom. The minimum Gasteiger partial charge on any atom is -0.454 e. The third-order valence-electron chi connectivity index (χ3n) is 4.92. The number of nitrogens with zero attached hydrogens (tertiary/aromatic N) is 3. The minimum atomic E-state index is 0.260. The number of nitrogens with one attached hydrogen (secondary N) is 1. The maximum atomic E-state index is 5.45. The first-order valence-electron chi connectivity index (χ1n) is 9.07. The van der Waals surface area contributed by atoms with Crippen LogP contribution in [0.25, 0.3) is 0 Å². The average molecular weight is 360 g/mol. The normalized spacial score (nSPS) is 17.1. The van der Waals surface area contributed by atoms with Gasteiger partial charge in [-0.3, -0.25) is 0 Å². The van der Waals surface area contributed by atoms with E-state index in [2.05, 4.69) is 46.4 Å². The van der Waals surface area contributed by atoms with Gasteiger partial charge in [-0.1, -0.05) is 18.2 Å². The Hall–Kier alpha value is -3.28. The Morgan fingerprint density at radius 2 is 1.89 bits per heavy atom. The van der Waals surface area contributed by atoms with Crippen molar-refractivity contribution in [1.29, 1.82) is 0 Å². The van der Waals surface area contributed by atoms with E-state index in [-0.39, 0.29) is 6.79 Å². The molecule has 1 aromatic heterocycles.